The molecule has 0 aliphatic heterocycles. The molecular weight excluding hydrogens is 207 g/mol. The molecule has 0 bridgehead atoms. The number of halogens is 2. The van der Waals surface area contributed by atoms with Gasteiger partial charge < -0.3 is 10.6 Å². The van der Waals surface area contributed by atoms with Crippen molar-refractivity contribution in [1.29, 1.82) is 0 Å². The lowest BCUT2D eigenvalue weighted by molar-refractivity contribution is 0.632. The van der Waals surface area contributed by atoms with Crippen LogP contribution in [-0.2, 0) is 6.54 Å². The highest BCUT2D eigenvalue weighted by Crippen LogP contribution is 2.20. The van der Waals surface area contributed by atoms with Crippen molar-refractivity contribution >= 4 is 23.2 Å². The average Bonchev–Trinajstić information content (AvgIpc) is 2.09. The van der Waals surface area contributed by atoms with Gasteiger partial charge in [0.2, 0.25) is 0 Å². The Hall–Kier alpha value is -0.280. The molecule has 2 N–H and O–H groups in total. The predicted octanol–water partition coefficient (Wildman–Crippen LogP) is 2.26. The molecule has 2 nitrogen and oxygen atoms in total. The maximum Gasteiger partial charge on any atom is 0.0465 e. The molecule has 0 aliphatic carbocycles. The number of hydrogen-bond acceptors (Lipinski definition) is 2. The molecule has 0 unspecified atom stereocenters. The molecule has 0 amide bonds. The van der Waals surface area contributed by atoms with Crippen LogP contribution in [0.2, 0.25) is 10.0 Å². The molecule has 1 rings (SSSR count). The minimum absolute atomic E-state index is 0.669. The maximum atomic E-state index is 5.96. The van der Waals surface area contributed by atoms with E-state index in [1.165, 1.54) is 0 Å². The first kappa shape index (κ1) is 10.8. The van der Waals surface area contributed by atoms with Crippen LogP contribution in [0, 0.1) is 0 Å². The van der Waals surface area contributed by atoms with Gasteiger partial charge in [0.05, 0.1) is 0 Å². The van der Waals surface area contributed by atoms with E-state index in [2.05, 4.69) is 10.6 Å². The predicted molar refractivity (Wildman–Crippen MR) is 57.2 cm³/mol. The zero-order chi connectivity index (χ0) is 9.68. The third-order valence-electron chi connectivity index (χ3n) is 1.63. The Morgan fingerprint density at radius 1 is 1.31 bits per heavy atom. The molecule has 0 heterocycles. The van der Waals surface area contributed by atoms with Gasteiger partial charge in [-0.25, -0.2) is 0 Å². The van der Waals surface area contributed by atoms with Crippen LogP contribution in [0.4, 0.5) is 0 Å². The summed E-state index contributed by atoms with van der Waals surface area (Å²) in [5.41, 5.74) is 1.06. The van der Waals surface area contributed by atoms with Gasteiger partial charge in [-0.15, -0.1) is 0 Å². The van der Waals surface area contributed by atoms with E-state index in [1.807, 2.05) is 19.2 Å². The summed E-state index contributed by atoms with van der Waals surface area (Å²) in [6.45, 7) is 1.51. The van der Waals surface area contributed by atoms with Gasteiger partial charge in [0.15, 0.2) is 0 Å². The van der Waals surface area contributed by atoms with Gasteiger partial charge in [0, 0.05) is 23.3 Å². The molecule has 0 spiro atoms. The van der Waals surface area contributed by atoms with Crippen LogP contribution in [0.15, 0.2) is 18.2 Å². The van der Waals surface area contributed by atoms with Crippen LogP contribution in [0.3, 0.4) is 0 Å². The summed E-state index contributed by atoms with van der Waals surface area (Å²) in [5, 5.41) is 7.54. The third kappa shape index (κ3) is 3.53. The smallest absolute Gasteiger partial charge is 0.0465 e. The fourth-order valence-corrected chi connectivity index (χ4v) is 1.46. The molecule has 13 heavy (non-hydrogen) atoms. The molecule has 1 aromatic rings. The van der Waals surface area contributed by atoms with Crippen LogP contribution in [-0.4, -0.2) is 13.7 Å². The third-order valence-corrected chi connectivity index (χ3v) is 2.22. The highest BCUT2D eigenvalue weighted by Gasteiger charge is 1.99. The van der Waals surface area contributed by atoms with E-state index in [4.69, 9.17) is 23.2 Å². The lowest BCUT2D eigenvalue weighted by Crippen LogP contribution is -2.25. The van der Waals surface area contributed by atoms with E-state index < -0.39 is 0 Å². The van der Waals surface area contributed by atoms with Crippen LogP contribution in [0.5, 0.6) is 0 Å². The first-order valence-corrected chi connectivity index (χ1v) is 4.79. The van der Waals surface area contributed by atoms with Crippen molar-refractivity contribution in [2.75, 3.05) is 13.7 Å². The SMILES string of the molecule is CNCNCc1ccc(Cl)cc1Cl. The molecule has 0 radical (unpaired) electrons. The van der Waals surface area contributed by atoms with E-state index in [0.29, 0.717) is 10.0 Å². The standard InChI is InChI=1S/C9H12Cl2N2/c1-12-6-13-5-7-2-3-8(10)4-9(7)11/h2-4,12-13H,5-6H2,1H3. The molecule has 0 saturated carbocycles. The monoisotopic (exact) mass is 218 g/mol. The van der Waals surface area contributed by atoms with Gasteiger partial charge in [-0.2, -0.15) is 0 Å². The molecule has 0 atom stereocenters. The molecular formula is C9H12Cl2N2. The van der Waals surface area contributed by atoms with E-state index in [-0.39, 0.29) is 0 Å². The quantitative estimate of drug-likeness (QED) is 0.599. The van der Waals surface area contributed by atoms with Crippen LogP contribution < -0.4 is 10.6 Å². The second-order valence-electron chi connectivity index (χ2n) is 2.69. The van der Waals surface area contributed by atoms with Crippen LogP contribution in [0.25, 0.3) is 0 Å². The van der Waals surface area contributed by atoms with Gasteiger partial charge >= 0.3 is 0 Å². The minimum atomic E-state index is 0.669. The van der Waals surface area contributed by atoms with Crippen molar-refractivity contribution in [3.05, 3.63) is 33.8 Å². The number of rotatable bonds is 4. The van der Waals surface area contributed by atoms with E-state index >= 15 is 0 Å². The summed E-state index contributed by atoms with van der Waals surface area (Å²) < 4.78 is 0. The molecule has 72 valence electrons. The lowest BCUT2D eigenvalue weighted by Gasteiger charge is -2.05. The van der Waals surface area contributed by atoms with Crippen molar-refractivity contribution < 1.29 is 0 Å². The largest absolute Gasteiger partial charge is 0.308 e. The van der Waals surface area contributed by atoms with Gasteiger partial charge in [0.1, 0.15) is 0 Å². The van der Waals surface area contributed by atoms with Crippen molar-refractivity contribution in [2.45, 2.75) is 6.54 Å². The number of nitrogens with one attached hydrogen (secondary N) is 2. The summed E-state index contributed by atoms with van der Waals surface area (Å²) in [7, 11) is 1.89. The minimum Gasteiger partial charge on any atom is -0.308 e. The Morgan fingerprint density at radius 2 is 2.08 bits per heavy atom. The summed E-state index contributed by atoms with van der Waals surface area (Å²) in [4.78, 5) is 0. The van der Waals surface area contributed by atoms with Gasteiger partial charge in [-0.1, -0.05) is 29.3 Å². The first-order chi connectivity index (χ1) is 6.24. The Balaban J connectivity index is 2.56. The molecule has 0 fully saturated rings. The summed E-state index contributed by atoms with van der Waals surface area (Å²) in [6.07, 6.45) is 0. The fourth-order valence-electron chi connectivity index (χ4n) is 0.987. The van der Waals surface area contributed by atoms with Crippen molar-refractivity contribution in [3.63, 3.8) is 0 Å². The van der Waals surface area contributed by atoms with Crippen LogP contribution in [0.1, 0.15) is 5.56 Å². The number of hydrogen-bond donors (Lipinski definition) is 2. The molecule has 1 aromatic carbocycles. The molecule has 0 aromatic heterocycles. The second kappa shape index (κ2) is 5.45. The Labute approximate surface area is 88.2 Å². The first-order valence-electron chi connectivity index (χ1n) is 4.03. The Kier molecular flexibility index (Phi) is 4.53. The van der Waals surface area contributed by atoms with E-state index in [9.17, 15) is 0 Å². The maximum absolute atomic E-state index is 5.96. The lowest BCUT2D eigenvalue weighted by atomic mass is 10.2. The normalized spacial score (nSPS) is 10.4. The zero-order valence-electron chi connectivity index (χ0n) is 7.40. The van der Waals surface area contributed by atoms with Crippen molar-refractivity contribution in [3.8, 4) is 0 Å². The fraction of sp³-hybridized carbons (Fsp3) is 0.333. The average molecular weight is 219 g/mol. The van der Waals surface area contributed by atoms with Gasteiger partial charge in [-0.05, 0) is 24.7 Å². The van der Waals surface area contributed by atoms with E-state index in [0.717, 1.165) is 18.8 Å². The van der Waals surface area contributed by atoms with Crippen molar-refractivity contribution in [1.82, 2.24) is 10.6 Å². The molecule has 0 aliphatic rings. The van der Waals surface area contributed by atoms with Gasteiger partial charge in [-0.3, -0.25) is 0 Å². The van der Waals surface area contributed by atoms with Crippen LogP contribution >= 0.6 is 23.2 Å². The Bertz CT molecular complexity index is 276. The second-order valence-corrected chi connectivity index (χ2v) is 3.54. The topological polar surface area (TPSA) is 24.1 Å². The van der Waals surface area contributed by atoms with E-state index in [1.54, 1.807) is 6.07 Å². The summed E-state index contributed by atoms with van der Waals surface area (Å²) in [5.74, 6) is 0. The molecule has 0 saturated heterocycles. The van der Waals surface area contributed by atoms with Crippen molar-refractivity contribution in [2.24, 2.45) is 0 Å². The highest BCUT2D eigenvalue weighted by atomic mass is 35.5. The summed E-state index contributed by atoms with van der Waals surface area (Å²) >= 11 is 11.7. The Morgan fingerprint density at radius 3 is 2.69 bits per heavy atom. The van der Waals surface area contributed by atoms with Gasteiger partial charge in [0.25, 0.3) is 0 Å². The number of benzene rings is 1. The highest BCUT2D eigenvalue weighted by molar-refractivity contribution is 6.35. The molecule has 4 heteroatoms. The summed E-state index contributed by atoms with van der Waals surface area (Å²) in [6, 6.07) is 5.51. The zero-order valence-corrected chi connectivity index (χ0v) is 8.91.